The van der Waals surface area contributed by atoms with Crippen LogP contribution in [0.1, 0.15) is 30.0 Å². The van der Waals surface area contributed by atoms with Gasteiger partial charge in [-0.15, -0.1) is 16.7 Å². The molecular formula is C12H13Cl2N3. The average Bonchev–Trinajstić information content (AvgIpc) is 2.80. The molecule has 0 amide bonds. The Morgan fingerprint density at radius 3 is 2.88 bits per heavy atom. The summed E-state index contributed by atoms with van der Waals surface area (Å²) in [5, 5.41) is 8.66. The number of hydrogen-bond donors (Lipinski definition) is 0. The van der Waals surface area contributed by atoms with E-state index in [9.17, 15) is 0 Å². The summed E-state index contributed by atoms with van der Waals surface area (Å²) < 4.78 is 1.66. The van der Waals surface area contributed by atoms with Gasteiger partial charge < -0.3 is 0 Å². The minimum absolute atomic E-state index is 0.104. The zero-order chi connectivity index (χ0) is 12.4. The Morgan fingerprint density at radius 1 is 1.41 bits per heavy atom. The van der Waals surface area contributed by atoms with E-state index in [1.54, 1.807) is 4.68 Å². The van der Waals surface area contributed by atoms with Gasteiger partial charge in [0, 0.05) is 0 Å². The van der Waals surface area contributed by atoms with Gasteiger partial charge in [0.1, 0.15) is 5.69 Å². The van der Waals surface area contributed by atoms with Crippen LogP contribution in [0.4, 0.5) is 0 Å². The minimum Gasteiger partial charge on any atom is -0.219 e. The second-order valence-electron chi connectivity index (χ2n) is 3.92. The van der Waals surface area contributed by atoms with Gasteiger partial charge >= 0.3 is 0 Å². The Balaban J connectivity index is 2.40. The standard InChI is InChI=1S/C12H13Cl2N3/c1-3-9(13)11-7-17(16-15-11)12-6-8(2)4-5-10(12)14/h4-7,9H,3H2,1-2H3. The third-order valence-corrected chi connectivity index (χ3v) is 3.39. The fourth-order valence-corrected chi connectivity index (χ4v) is 1.85. The molecule has 0 N–H and O–H groups in total. The molecule has 0 aliphatic rings. The molecule has 1 aromatic heterocycles. The van der Waals surface area contributed by atoms with Crippen LogP contribution < -0.4 is 0 Å². The number of rotatable bonds is 3. The number of aryl methyl sites for hydroxylation is 1. The molecule has 2 aromatic rings. The summed E-state index contributed by atoms with van der Waals surface area (Å²) in [5.74, 6) is 0. The summed E-state index contributed by atoms with van der Waals surface area (Å²) in [6.07, 6.45) is 2.64. The summed E-state index contributed by atoms with van der Waals surface area (Å²) in [7, 11) is 0. The SMILES string of the molecule is CCC(Cl)c1cn(-c2cc(C)ccc2Cl)nn1. The monoisotopic (exact) mass is 269 g/mol. The van der Waals surface area contributed by atoms with E-state index in [1.807, 2.05) is 38.2 Å². The first kappa shape index (κ1) is 12.4. The first-order valence-electron chi connectivity index (χ1n) is 5.44. The molecule has 0 bridgehead atoms. The van der Waals surface area contributed by atoms with E-state index in [-0.39, 0.29) is 5.38 Å². The Labute approximate surface area is 110 Å². The van der Waals surface area contributed by atoms with Gasteiger partial charge in [0.05, 0.1) is 22.3 Å². The van der Waals surface area contributed by atoms with Crippen LogP contribution >= 0.6 is 23.2 Å². The van der Waals surface area contributed by atoms with Crippen LogP contribution in [0.2, 0.25) is 5.02 Å². The Hall–Kier alpha value is -1.06. The fourth-order valence-electron chi connectivity index (χ4n) is 1.55. The highest BCUT2D eigenvalue weighted by molar-refractivity contribution is 6.32. The number of halogens is 2. The van der Waals surface area contributed by atoms with Crippen molar-refractivity contribution in [3.05, 3.63) is 40.7 Å². The molecule has 1 unspecified atom stereocenters. The largest absolute Gasteiger partial charge is 0.219 e. The maximum Gasteiger partial charge on any atom is 0.101 e. The van der Waals surface area contributed by atoms with Crippen LogP contribution in [0.25, 0.3) is 5.69 Å². The van der Waals surface area contributed by atoms with Crippen LogP contribution in [-0.4, -0.2) is 15.0 Å². The normalized spacial score (nSPS) is 12.7. The third-order valence-electron chi connectivity index (χ3n) is 2.54. The van der Waals surface area contributed by atoms with E-state index in [4.69, 9.17) is 23.2 Å². The number of alkyl halides is 1. The Morgan fingerprint density at radius 2 is 2.18 bits per heavy atom. The zero-order valence-electron chi connectivity index (χ0n) is 9.69. The zero-order valence-corrected chi connectivity index (χ0v) is 11.2. The third kappa shape index (κ3) is 2.61. The molecule has 0 spiro atoms. The predicted octanol–water partition coefficient (Wildman–Crippen LogP) is 3.92. The van der Waals surface area contributed by atoms with E-state index in [2.05, 4.69) is 10.3 Å². The van der Waals surface area contributed by atoms with E-state index in [0.29, 0.717) is 5.02 Å². The lowest BCUT2D eigenvalue weighted by Crippen LogP contribution is -1.96. The van der Waals surface area contributed by atoms with Gasteiger partial charge in [0.25, 0.3) is 0 Å². The van der Waals surface area contributed by atoms with Crippen LogP contribution in [0, 0.1) is 6.92 Å². The summed E-state index contributed by atoms with van der Waals surface area (Å²) in [6, 6.07) is 5.78. The van der Waals surface area contributed by atoms with Crippen molar-refractivity contribution in [3.63, 3.8) is 0 Å². The molecule has 0 aliphatic heterocycles. The van der Waals surface area contributed by atoms with Crippen LogP contribution in [0.15, 0.2) is 24.4 Å². The van der Waals surface area contributed by atoms with Gasteiger partial charge in [-0.3, -0.25) is 0 Å². The van der Waals surface area contributed by atoms with Crippen molar-refractivity contribution in [3.8, 4) is 5.69 Å². The van der Waals surface area contributed by atoms with Crippen molar-refractivity contribution in [2.24, 2.45) is 0 Å². The second-order valence-corrected chi connectivity index (χ2v) is 4.85. The quantitative estimate of drug-likeness (QED) is 0.791. The van der Waals surface area contributed by atoms with Crippen molar-refractivity contribution in [2.75, 3.05) is 0 Å². The van der Waals surface area contributed by atoms with Crippen LogP contribution in [0.3, 0.4) is 0 Å². The summed E-state index contributed by atoms with van der Waals surface area (Å²) >= 11 is 12.2. The van der Waals surface area contributed by atoms with Gasteiger partial charge in [0.15, 0.2) is 0 Å². The van der Waals surface area contributed by atoms with Gasteiger partial charge in [-0.2, -0.15) is 0 Å². The second kappa shape index (κ2) is 5.07. The Bertz CT molecular complexity index is 522. The average molecular weight is 270 g/mol. The lowest BCUT2D eigenvalue weighted by molar-refractivity contribution is 0.785. The van der Waals surface area contributed by atoms with Crippen LogP contribution in [-0.2, 0) is 0 Å². The van der Waals surface area contributed by atoms with Crippen molar-refractivity contribution in [2.45, 2.75) is 25.6 Å². The van der Waals surface area contributed by atoms with E-state index < -0.39 is 0 Å². The molecule has 0 fully saturated rings. The number of nitrogens with zero attached hydrogens (tertiary/aromatic N) is 3. The van der Waals surface area contributed by atoms with Gasteiger partial charge in [0.2, 0.25) is 0 Å². The molecule has 1 atom stereocenters. The Kier molecular flexibility index (Phi) is 3.69. The molecule has 1 heterocycles. The molecule has 0 saturated heterocycles. The molecule has 0 saturated carbocycles. The number of aromatic nitrogens is 3. The summed E-state index contributed by atoms with van der Waals surface area (Å²) in [6.45, 7) is 4.02. The molecular weight excluding hydrogens is 257 g/mol. The molecule has 90 valence electrons. The topological polar surface area (TPSA) is 30.7 Å². The minimum atomic E-state index is -0.104. The lowest BCUT2D eigenvalue weighted by atomic mass is 10.2. The van der Waals surface area contributed by atoms with Gasteiger partial charge in [-0.25, -0.2) is 4.68 Å². The molecule has 5 heteroatoms. The first-order valence-corrected chi connectivity index (χ1v) is 6.26. The van der Waals surface area contributed by atoms with Crippen molar-refractivity contribution >= 4 is 23.2 Å². The van der Waals surface area contributed by atoms with E-state index in [1.165, 1.54) is 0 Å². The molecule has 0 radical (unpaired) electrons. The maximum atomic E-state index is 6.13. The number of benzene rings is 1. The molecule has 2 rings (SSSR count). The highest BCUT2D eigenvalue weighted by Crippen LogP contribution is 2.24. The highest BCUT2D eigenvalue weighted by Gasteiger charge is 2.12. The van der Waals surface area contributed by atoms with Crippen molar-refractivity contribution in [1.82, 2.24) is 15.0 Å². The summed E-state index contributed by atoms with van der Waals surface area (Å²) in [5.41, 5.74) is 2.72. The fraction of sp³-hybridized carbons (Fsp3) is 0.333. The summed E-state index contributed by atoms with van der Waals surface area (Å²) in [4.78, 5) is 0. The van der Waals surface area contributed by atoms with E-state index in [0.717, 1.165) is 23.4 Å². The highest BCUT2D eigenvalue weighted by atomic mass is 35.5. The van der Waals surface area contributed by atoms with Crippen molar-refractivity contribution in [1.29, 1.82) is 0 Å². The van der Waals surface area contributed by atoms with Crippen LogP contribution in [0.5, 0.6) is 0 Å². The van der Waals surface area contributed by atoms with E-state index >= 15 is 0 Å². The lowest BCUT2D eigenvalue weighted by Gasteiger charge is -2.04. The molecule has 3 nitrogen and oxygen atoms in total. The molecule has 0 aliphatic carbocycles. The van der Waals surface area contributed by atoms with Gasteiger partial charge in [-0.1, -0.05) is 29.8 Å². The smallest absolute Gasteiger partial charge is 0.101 e. The molecule has 17 heavy (non-hydrogen) atoms. The van der Waals surface area contributed by atoms with Gasteiger partial charge in [-0.05, 0) is 31.0 Å². The number of hydrogen-bond acceptors (Lipinski definition) is 2. The predicted molar refractivity (Wildman–Crippen MR) is 70.0 cm³/mol. The first-order chi connectivity index (χ1) is 8.11. The maximum absolute atomic E-state index is 6.13. The molecule has 1 aromatic carbocycles. The van der Waals surface area contributed by atoms with Crippen molar-refractivity contribution < 1.29 is 0 Å².